The average Bonchev–Trinajstić information content (AvgIpc) is 4.10. The van der Waals surface area contributed by atoms with Crippen molar-refractivity contribution < 1.29 is 49.1 Å². The van der Waals surface area contributed by atoms with Crippen LogP contribution in [0.3, 0.4) is 0 Å². The molecule has 4 aliphatic rings. The van der Waals surface area contributed by atoms with Gasteiger partial charge in [0.1, 0.15) is 27.6 Å². The number of ether oxygens (including phenoxy) is 2. The highest BCUT2D eigenvalue weighted by molar-refractivity contribution is 7.92. The lowest BCUT2D eigenvalue weighted by Gasteiger charge is -2.39. The lowest BCUT2D eigenvalue weighted by Crippen LogP contribution is -2.50. The monoisotopic (exact) mass is 1090 g/mol. The molecule has 2 bridgehead atoms. The molecule has 3 aliphatic heterocycles. The molecule has 5 heterocycles. The number of aromatic amines is 1. The number of sulfonamides is 1. The highest BCUT2D eigenvalue weighted by Gasteiger charge is 2.49. The van der Waals surface area contributed by atoms with Gasteiger partial charge < -0.3 is 29.6 Å². The number of halogens is 4. The molecule has 0 unspecified atom stereocenters. The maximum atomic E-state index is 14.2. The number of alkyl halides is 3. The number of pyridine rings is 1. The van der Waals surface area contributed by atoms with Crippen LogP contribution in [-0.4, -0.2) is 136 Å². The number of hydrogen-bond donors (Lipinski definition) is 3. The summed E-state index contributed by atoms with van der Waals surface area (Å²) in [7, 11) is -11.1. The number of hydrogen-bond acceptors (Lipinski definition) is 13. The van der Waals surface area contributed by atoms with Gasteiger partial charge in [0.25, 0.3) is 25.8 Å². The molecular formula is C53H62ClF3N8O8S2. The third kappa shape index (κ3) is 12.2. The lowest BCUT2D eigenvalue weighted by atomic mass is 9.72. The fourth-order valence-electron chi connectivity index (χ4n) is 10.5. The van der Waals surface area contributed by atoms with E-state index in [0.717, 1.165) is 57.5 Å². The number of benzene rings is 3. The maximum Gasteiger partial charge on any atom is 0.501 e. The van der Waals surface area contributed by atoms with Gasteiger partial charge >= 0.3 is 11.6 Å². The zero-order chi connectivity index (χ0) is 53.7. The number of likely N-dealkylation sites (tertiary alicyclic amines) is 2. The molecule has 9 rings (SSSR count). The summed E-state index contributed by atoms with van der Waals surface area (Å²) in [5.41, 5.74) is -1.69. The van der Waals surface area contributed by atoms with Crippen molar-refractivity contribution in [3.8, 4) is 11.5 Å². The van der Waals surface area contributed by atoms with Crippen LogP contribution in [-0.2, 0) is 24.6 Å². The molecule has 402 valence electrons. The molecular weight excluding hydrogens is 1030 g/mol. The number of carbonyl (C=O) groups is 2. The van der Waals surface area contributed by atoms with Crippen molar-refractivity contribution in [3.05, 3.63) is 107 Å². The summed E-state index contributed by atoms with van der Waals surface area (Å²) in [6, 6.07) is 18.5. The Balaban J connectivity index is 0.899. The third-order valence-corrected chi connectivity index (χ3v) is 17.5. The smallest absolute Gasteiger partial charge is 0.455 e. The van der Waals surface area contributed by atoms with E-state index < -0.39 is 52.4 Å². The van der Waals surface area contributed by atoms with E-state index in [1.54, 1.807) is 56.1 Å². The van der Waals surface area contributed by atoms with Gasteiger partial charge in [0.05, 0.1) is 22.3 Å². The Bertz CT molecular complexity index is 3230. The molecule has 3 N–H and O–H groups in total. The van der Waals surface area contributed by atoms with Crippen molar-refractivity contribution in [1.29, 1.82) is 0 Å². The van der Waals surface area contributed by atoms with Gasteiger partial charge in [-0.1, -0.05) is 43.2 Å². The molecule has 3 aromatic carbocycles. The molecule has 3 fully saturated rings. The van der Waals surface area contributed by atoms with E-state index in [1.165, 1.54) is 29.0 Å². The minimum absolute atomic E-state index is 0.0242. The van der Waals surface area contributed by atoms with E-state index in [2.05, 4.69) is 56.0 Å². The normalized spacial score (nSPS) is 19.7. The average molecular weight is 1100 g/mol. The molecule has 2 amide bonds. The topological polar surface area (TPSA) is 187 Å². The fourth-order valence-corrected chi connectivity index (χ4v) is 12.6. The number of H-pyrrole nitrogens is 1. The summed E-state index contributed by atoms with van der Waals surface area (Å²) in [4.78, 5) is 40.4. The molecule has 1 aliphatic carbocycles. The van der Waals surface area contributed by atoms with Crippen molar-refractivity contribution in [3.63, 3.8) is 0 Å². The first-order valence-corrected chi connectivity index (χ1v) is 28.4. The zero-order valence-electron chi connectivity index (χ0n) is 42.5. The van der Waals surface area contributed by atoms with Crippen molar-refractivity contribution in [2.75, 3.05) is 69.1 Å². The van der Waals surface area contributed by atoms with Crippen LogP contribution in [0.5, 0.6) is 11.5 Å². The molecule has 0 saturated carbocycles. The first-order valence-electron chi connectivity index (χ1n) is 25.0. The van der Waals surface area contributed by atoms with Crippen molar-refractivity contribution in [2.24, 2.45) is 5.41 Å². The third-order valence-electron chi connectivity index (χ3n) is 14.3. The minimum atomic E-state index is -6.10. The van der Waals surface area contributed by atoms with Gasteiger partial charge in [-0.3, -0.25) is 14.6 Å². The lowest BCUT2D eigenvalue weighted by molar-refractivity contribution is -0.0436. The Kier molecular flexibility index (Phi) is 15.0. The number of sulfone groups is 1. The number of nitrogens with one attached hydrogen (secondary N) is 3. The summed E-state index contributed by atoms with van der Waals surface area (Å²) >= 11 is 6.24. The Labute approximate surface area is 440 Å². The molecule has 16 nitrogen and oxygen atoms in total. The number of aromatic nitrogens is 2. The molecule has 2 aromatic heterocycles. The molecule has 3 saturated heterocycles. The number of allylic oxidation sites excluding steroid dienone is 1. The number of nitrogens with zero attached hydrogens (tertiary/aromatic N) is 5. The van der Waals surface area contributed by atoms with Crippen LogP contribution in [0.2, 0.25) is 5.02 Å². The van der Waals surface area contributed by atoms with Gasteiger partial charge in [-0.2, -0.15) is 13.2 Å². The fraction of sp³-hybridized carbons (Fsp3) is 0.453. The highest BCUT2D eigenvalue weighted by Crippen LogP contribution is 2.44. The van der Waals surface area contributed by atoms with Crippen LogP contribution < -0.4 is 19.7 Å². The summed E-state index contributed by atoms with van der Waals surface area (Å²) < 4.78 is 110. The molecule has 2 atom stereocenters. The first kappa shape index (κ1) is 53.9. The Morgan fingerprint density at radius 3 is 2.36 bits per heavy atom. The van der Waals surface area contributed by atoms with Gasteiger partial charge in [-0.25, -0.2) is 31.3 Å². The number of piperazine rings is 2. The number of rotatable bonds is 15. The van der Waals surface area contributed by atoms with Crippen LogP contribution in [0.4, 0.5) is 29.3 Å². The molecule has 0 radical (unpaired) electrons. The number of anilines is 2. The van der Waals surface area contributed by atoms with Crippen LogP contribution in [0.15, 0.2) is 101 Å². The van der Waals surface area contributed by atoms with E-state index in [1.807, 2.05) is 16.9 Å². The van der Waals surface area contributed by atoms with Gasteiger partial charge in [-0.15, -0.1) is 0 Å². The van der Waals surface area contributed by atoms with E-state index >= 15 is 0 Å². The van der Waals surface area contributed by atoms with Gasteiger partial charge in [-0.05, 0) is 124 Å². The molecule has 0 spiro atoms. The largest absolute Gasteiger partial charge is 0.501 e. The predicted octanol–water partition coefficient (Wildman–Crippen LogP) is 9.70. The SMILES string of the molecule is CC1(C)CCC(CN2CCN(c3ccc(C(=O)NS(=O)(=O)c4ccc(NCCCN5C[C@@H]6C[C@H]5CN6C(=O)OC(C)(C)C)c(S(=O)(=O)C(F)(F)F)c4)c(Oc4cnc5[nH]ccc5c4)c3)CC2)=C(c2ccc(Cl)cc2)C1. The summed E-state index contributed by atoms with van der Waals surface area (Å²) in [5.74, 6) is -0.961. The van der Waals surface area contributed by atoms with Crippen molar-refractivity contribution in [2.45, 2.75) is 99.7 Å². The Morgan fingerprint density at radius 2 is 1.67 bits per heavy atom. The Morgan fingerprint density at radius 1 is 0.920 bits per heavy atom. The van der Waals surface area contributed by atoms with Gasteiger partial charge in [0, 0.05) is 99.3 Å². The molecule has 75 heavy (non-hydrogen) atoms. The second-order valence-corrected chi connectivity index (χ2v) is 25.6. The van der Waals surface area contributed by atoms with Crippen LogP contribution >= 0.6 is 11.6 Å². The van der Waals surface area contributed by atoms with E-state index in [0.29, 0.717) is 67.0 Å². The second-order valence-electron chi connectivity index (χ2n) is 21.6. The van der Waals surface area contributed by atoms with Crippen molar-refractivity contribution >= 4 is 71.4 Å². The maximum absolute atomic E-state index is 14.2. The number of fused-ring (bicyclic) bond motifs is 3. The highest BCUT2D eigenvalue weighted by atomic mass is 35.5. The molecule has 22 heteroatoms. The van der Waals surface area contributed by atoms with Crippen molar-refractivity contribution in [1.82, 2.24) is 29.4 Å². The number of amides is 2. The molecule has 5 aromatic rings. The predicted molar refractivity (Wildman–Crippen MR) is 281 cm³/mol. The summed E-state index contributed by atoms with van der Waals surface area (Å²) in [6.45, 7) is 15.1. The standard InChI is InChI=1S/C53H62ClF3N8O8S2/c1-51(2,3)73-50(67)65-33-39-26-40(65)32-64(39)20-6-18-58-45-14-12-42(28-47(45)74(68,69)53(55,56)57)75(70,71)61-49(66)43-13-11-38(27-46(43)72-41-25-35-16-19-59-48(35)60-30-41)63-23-21-62(22-24-63)31-36-15-17-52(4,5)29-44(36)34-7-9-37(54)10-8-34/h7-14,16,19,25,27-28,30,39-40,58H,6,15,17-18,20-24,26,29,31-33H2,1-5H3,(H,59,60)(H,61,66)/t39-,40-/m0/s1. The van der Waals surface area contributed by atoms with Crippen LogP contribution in [0.1, 0.15) is 82.6 Å². The van der Waals surface area contributed by atoms with E-state index in [4.69, 9.17) is 21.1 Å². The van der Waals surface area contributed by atoms with E-state index in [9.17, 15) is 39.6 Å². The quantitative estimate of drug-likeness (QED) is 0.0843. The zero-order valence-corrected chi connectivity index (χ0v) is 44.9. The van der Waals surface area contributed by atoms with E-state index in [-0.39, 0.29) is 47.2 Å². The summed E-state index contributed by atoms with van der Waals surface area (Å²) in [6.07, 6.45) is 6.94. The minimum Gasteiger partial charge on any atom is -0.455 e. The van der Waals surface area contributed by atoms with Crippen LogP contribution in [0, 0.1) is 5.41 Å². The first-order chi connectivity index (χ1) is 35.3. The van der Waals surface area contributed by atoms with Gasteiger partial charge in [0.2, 0.25) is 0 Å². The number of carbonyl (C=O) groups excluding carboxylic acids is 2. The Hall–Kier alpha value is -5.87. The van der Waals surface area contributed by atoms with Gasteiger partial charge in [0.15, 0.2) is 0 Å². The summed E-state index contributed by atoms with van der Waals surface area (Å²) in [5, 5.41) is 4.15. The van der Waals surface area contributed by atoms with Crippen LogP contribution in [0.25, 0.3) is 16.6 Å². The second kappa shape index (κ2) is 20.9.